The minimum Gasteiger partial charge on any atom is -0.438 e. The summed E-state index contributed by atoms with van der Waals surface area (Å²) in [6.45, 7) is 2.10. The summed E-state index contributed by atoms with van der Waals surface area (Å²) in [6, 6.07) is 8.31. The summed E-state index contributed by atoms with van der Waals surface area (Å²) < 4.78 is 31.3. The number of sulfonamides is 1. The van der Waals surface area contributed by atoms with Crippen LogP contribution in [0.5, 0.6) is 0 Å². The van der Waals surface area contributed by atoms with E-state index >= 15 is 0 Å². The summed E-state index contributed by atoms with van der Waals surface area (Å²) in [6.07, 6.45) is 4.35. The molecule has 0 aromatic carbocycles. The van der Waals surface area contributed by atoms with E-state index in [0.29, 0.717) is 6.54 Å². The summed E-state index contributed by atoms with van der Waals surface area (Å²) in [5, 5.41) is 3.07. The molecule has 3 heterocycles. The first-order valence-electron chi connectivity index (χ1n) is 8.96. The number of aromatic nitrogens is 1. The van der Waals surface area contributed by atoms with Gasteiger partial charge in [-0.25, -0.2) is 13.1 Å². The second kappa shape index (κ2) is 8.64. The van der Waals surface area contributed by atoms with Gasteiger partial charge in [-0.1, -0.05) is 6.07 Å². The van der Waals surface area contributed by atoms with E-state index in [-0.39, 0.29) is 22.8 Å². The monoisotopic (exact) mass is 392 g/mol. The normalized spacial score (nSPS) is 18.0. The Labute approximate surface area is 159 Å². The molecule has 1 saturated heterocycles. The van der Waals surface area contributed by atoms with E-state index in [1.54, 1.807) is 11.1 Å². The molecule has 146 valence electrons. The van der Waals surface area contributed by atoms with Crippen molar-refractivity contribution >= 4 is 15.9 Å². The lowest BCUT2D eigenvalue weighted by atomic mass is 10.1. The van der Waals surface area contributed by atoms with Gasteiger partial charge in [0.25, 0.3) is 15.9 Å². The maximum atomic E-state index is 13.2. The lowest BCUT2D eigenvalue weighted by Gasteiger charge is -2.30. The van der Waals surface area contributed by atoms with Gasteiger partial charge in [0, 0.05) is 12.2 Å². The third-order valence-electron chi connectivity index (χ3n) is 4.63. The van der Waals surface area contributed by atoms with Gasteiger partial charge in [0.1, 0.15) is 0 Å². The fourth-order valence-electron chi connectivity index (χ4n) is 3.17. The molecule has 3 rings (SSSR count). The predicted octanol–water partition coefficient (Wildman–Crippen LogP) is 1.37. The lowest BCUT2D eigenvalue weighted by molar-refractivity contribution is 0.0604. The Morgan fingerprint density at radius 1 is 1.30 bits per heavy atom. The fraction of sp³-hybridized carbons (Fsp3) is 0.444. The number of amides is 1. The highest BCUT2D eigenvalue weighted by Crippen LogP contribution is 2.22. The Hall–Kier alpha value is -2.23. The fourth-order valence-corrected chi connectivity index (χ4v) is 3.81. The molecule has 1 aliphatic heterocycles. The summed E-state index contributed by atoms with van der Waals surface area (Å²) in [4.78, 5) is 19.2. The van der Waals surface area contributed by atoms with Gasteiger partial charge in [0.15, 0.2) is 5.76 Å². The first-order chi connectivity index (χ1) is 13.0. The van der Waals surface area contributed by atoms with E-state index in [0.717, 1.165) is 38.0 Å². The Morgan fingerprint density at radius 3 is 2.89 bits per heavy atom. The lowest BCUT2D eigenvalue weighted by Crippen LogP contribution is -2.40. The minimum absolute atomic E-state index is 0.0111. The van der Waals surface area contributed by atoms with E-state index in [4.69, 9.17) is 4.42 Å². The van der Waals surface area contributed by atoms with Gasteiger partial charge in [0.2, 0.25) is 5.09 Å². The average molecular weight is 392 g/mol. The van der Waals surface area contributed by atoms with Gasteiger partial charge in [0.05, 0.1) is 12.2 Å². The van der Waals surface area contributed by atoms with E-state index in [1.807, 2.05) is 18.2 Å². The van der Waals surface area contributed by atoms with Crippen LogP contribution in [0.2, 0.25) is 0 Å². The number of hydrogen-bond acceptors (Lipinski definition) is 6. The van der Waals surface area contributed by atoms with Crippen LogP contribution in [0.15, 0.2) is 46.0 Å². The van der Waals surface area contributed by atoms with Gasteiger partial charge < -0.3 is 14.6 Å². The third-order valence-corrected chi connectivity index (χ3v) is 5.92. The largest absolute Gasteiger partial charge is 0.438 e. The van der Waals surface area contributed by atoms with Crippen molar-refractivity contribution in [1.29, 1.82) is 0 Å². The number of carbonyl (C=O) groups is 1. The smallest absolute Gasteiger partial charge is 0.290 e. The van der Waals surface area contributed by atoms with Gasteiger partial charge >= 0.3 is 0 Å². The van der Waals surface area contributed by atoms with Crippen molar-refractivity contribution < 1.29 is 17.6 Å². The number of rotatable bonds is 6. The molecule has 0 bridgehead atoms. The van der Waals surface area contributed by atoms with Crippen molar-refractivity contribution in [3.63, 3.8) is 0 Å². The molecule has 9 heteroatoms. The maximum absolute atomic E-state index is 13.2. The zero-order valence-electron chi connectivity index (χ0n) is 15.2. The topological polar surface area (TPSA) is 105 Å². The molecule has 0 aliphatic carbocycles. The molecule has 27 heavy (non-hydrogen) atoms. The van der Waals surface area contributed by atoms with Crippen LogP contribution < -0.4 is 10.0 Å². The molecule has 0 radical (unpaired) electrons. The Bertz CT molecular complexity index is 858. The molecule has 8 nitrogen and oxygen atoms in total. The second-order valence-corrected chi connectivity index (χ2v) is 8.23. The van der Waals surface area contributed by atoms with Gasteiger partial charge in [-0.2, -0.15) is 0 Å². The first kappa shape index (κ1) is 19.5. The van der Waals surface area contributed by atoms with Crippen LogP contribution in [-0.2, 0) is 16.6 Å². The van der Waals surface area contributed by atoms with Crippen molar-refractivity contribution in [3.05, 3.63) is 48.0 Å². The number of nitrogens with one attached hydrogen (secondary N) is 2. The summed E-state index contributed by atoms with van der Waals surface area (Å²) >= 11 is 0. The number of furan rings is 1. The highest BCUT2D eigenvalue weighted by atomic mass is 32.2. The standard InChI is InChI=1S/C18H24N4O4S/c1-19-27(24,25)17-8-7-16(26-17)18(23)22(13-14-5-2-3-11-21-14)15-6-4-10-20-12-9-15/h2-3,5,7-8,11,15,19-20H,4,6,9-10,12-13H2,1H3. The molecular weight excluding hydrogens is 368 g/mol. The van der Waals surface area contributed by atoms with Crippen molar-refractivity contribution in [2.45, 2.75) is 36.9 Å². The summed E-state index contributed by atoms with van der Waals surface area (Å²) in [5.74, 6) is -0.318. The predicted molar refractivity (Wildman–Crippen MR) is 99.6 cm³/mol. The first-order valence-corrected chi connectivity index (χ1v) is 10.4. The Kier molecular flexibility index (Phi) is 6.25. The molecule has 1 fully saturated rings. The SMILES string of the molecule is CNS(=O)(=O)c1ccc(C(=O)N(Cc2ccccn2)C2CCCNCC2)o1. The van der Waals surface area contributed by atoms with E-state index in [2.05, 4.69) is 15.0 Å². The van der Waals surface area contributed by atoms with Gasteiger partial charge in [-0.05, 0) is 63.7 Å². The van der Waals surface area contributed by atoms with Crippen LogP contribution in [0.1, 0.15) is 35.5 Å². The molecule has 2 N–H and O–H groups in total. The molecular formula is C18H24N4O4S. The van der Waals surface area contributed by atoms with Crippen molar-refractivity contribution in [2.24, 2.45) is 0 Å². The van der Waals surface area contributed by atoms with E-state index in [1.165, 1.54) is 19.2 Å². The molecule has 1 unspecified atom stereocenters. The zero-order chi connectivity index (χ0) is 19.3. The van der Waals surface area contributed by atoms with Crippen LogP contribution in [0, 0.1) is 0 Å². The number of hydrogen-bond donors (Lipinski definition) is 2. The molecule has 2 aromatic heterocycles. The molecule has 2 aromatic rings. The quantitative estimate of drug-likeness (QED) is 0.769. The van der Waals surface area contributed by atoms with Crippen molar-refractivity contribution in [3.8, 4) is 0 Å². The summed E-state index contributed by atoms with van der Waals surface area (Å²) in [7, 11) is -2.44. The van der Waals surface area contributed by atoms with Crippen LogP contribution in [0.25, 0.3) is 0 Å². The molecule has 0 spiro atoms. The minimum atomic E-state index is -3.74. The highest BCUT2D eigenvalue weighted by Gasteiger charge is 2.29. The van der Waals surface area contributed by atoms with E-state index < -0.39 is 10.0 Å². The number of nitrogens with zero attached hydrogens (tertiary/aromatic N) is 2. The number of carbonyl (C=O) groups excluding carboxylic acids is 1. The van der Waals surface area contributed by atoms with Crippen molar-refractivity contribution in [2.75, 3.05) is 20.1 Å². The number of pyridine rings is 1. The highest BCUT2D eigenvalue weighted by molar-refractivity contribution is 7.89. The molecule has 1 amide bonds. The molecule has 1 aliphatic rings. The van der Waals surface area contributed by atoms with Crippen LogP contribution in [0.4, 0.5) is 0 Å². The van der Waals surface area contributed by atoms with E-state index in [9.17, 15) is 13.2 Å². The Morgan fingerprint density at radius 2 is 2.15 bits per heavy atom. The third kappa shape index (κ3) is 4.74. The summed E-state index contributed by atoms with van der Waals surface area (Å²) in [5.41, 5.74) is 0.776. The Balaban J connectivity index is 1.88. The van der Waals surface area contributed by atoms with Gasteiger partial charge in [-0.3, -0.25) is 9.78 Å². The average Bonchev–Trinajstić information content (AvgIpc) is 3.04. The van der Waals surface area contributed by atoms with Crippen LogP contribution in [0.3, 0.4) is 0 Å². The molecule has 0 saturated carbocycles. The maximum Gasteiger partial charge on any atom is 0.290 e. The zero-order valence-corrected chi connectivity index (χ0v) is 16.0. The molecule has 1 atom stereocenters. The van der Waals surface area contributed by atoms with Crippen LogP contribution >= 0.6 is 0 Å². The van der Waals surface area contributed by atoms with Gasteiger partial charge in [-0.15, -0.1) is 0 Å². The second-order valence-electron chi connectivity index (χ2n) is 6.42. The van der Waals surface area contributed by atoms with Crippen LogP contribution in [-0.4, -0.2) is 50.4 Å². The van der Waals surface area contributed by atoms with Crippen molar-refractivity contribution in [1.82, 2.24) is 19.9 Å².